The highest BCUT2D eigenvalue weighted by Gasteiger charge is 2.07. The quantitative estimate of drug-likeness (QED) is 0.807. The number of methoxy groups -OCH3 is 1. The fraction of sp³-hybridized carbons (Fsp3) is 0.143. The molecule has 0 N–H and O–H groups in total. The van der Waals surface area contributed by atoms with Crippen LogP contribution in [0.2, 0.25) is 10.0 Å². The molecule has 0 amide bonds. The summed E-state index contributed by atoms with van der Waals surface area (Å²) in [6.07, 6.45) is 1.43. The lowest BCUT2D eigenvalue weighted by Gasteiger charge is -2.08. The Kier molecular flexibility index (Phi) is 4.82. The van der Waals surface area contributed by atoms with Crippen LogP contribution in [0.15, 0.2) is 36.5 Å². The number of pyridine rings is 1. The van der Waals surface area contributed by atoms with Crippen molar-refractivity contribution in [1.29, 1.82) is 0 Å². The summed E-state index contributed by atoms with van der Waals surface area (Å²) in [5, 5.41) is 1.01. The molecule has 6 heteroatoms. The number of esters is 1. The highest BCUT2D eigenvalue weighted by molar-refractivity contribution is 6.34. The summed E-state index contributed by atoms with van der Waals surface area (Å²) < 4.78 is 10.1. The zero-order valence-corrected chi connectivity index (χ0v) is 12.1. The third-order valence-electron chi connectivity index (χ3n) is 2.51. The molecule has 0 saturated carbocycles. The zero-order chi connectivity index (χ0) is 14.5. The monoisotopic (exact) mass is 311 g/mol. The fourth-order valence-corrected chi connectivity index (χ4v) is 1.82. The van der Waals surface area contributed by atoms with Gasteiger partial charge in [0.1, 0.15) is 12.4 Å². The summed E-state index contributed by atoms with van der Waals surface area (Å²) in [4.78, 5) is 15.4. The van der Waals surface area contributed by atoms with Gasteiger partial charge in [0.15, 0.2) is 0 Å². The fourth-order valence-electron chi connectivity index (χ4n) is 1.49. The van der Waals surface area contributed by atoms with Gasteiger partial charge in [-0.1, -0.05) is 23.2 Å². The molecule has 0 saturated heterocycles. The van der Waals surface area contributed by atoms with E-state index in [0.29, 0.717) is 27.1 Å². The molecule has 0 atom stereocenters. The van der Waals surface area contributed by atoms with Gasteiger partial charge in [-0.25, -0.2) is 4.79 Å². The predicted molar refractivity (Wildman–Crippen MR) is 76.4 cm³/mol. The highest BCUT2D eigenvalue weighted by Crippen LogP contribution is 2.28. The molecule has 0 aliphatic heterocycles. The normalized spacial score (nSPS) is 10.2. The van der Waals surface area contributed by atoms with Crippen LogP contribution >= 0.6 is 23.2 Å². The molecule has 20 heavy (non-hydrogen) atoms. The molecular weight excluding hydrogens is 301 g/mol. The van der Waals surface area contributed by atoms with E-state index in [9.17, 15) is 4.79 Å². The van der Waals surface area contributed by atoms with E-state index in [1.807, 2.05) is 0 Å². The number of rotatable bonds is 4. The standard InChI is InChI=1S/C14H11Cl2NO3/c1-19-14(18)9-2-4-11(17-7-9)8-20-13-6-10(15)3-5-12(13)16/h2-7H,8H2,1H3. The van der Waals surface area contributed by atoms with Crippen LogP contribution in [0.3, 0.4) is 0 Å². The third-order valence-corrected chi connectivity index (χ3v) is 3.06. The molecule has 0 aliphatic rings. The van der Waals surface area contributed by atoms with Crippen LogP contribution in [0, 0.1) is 0 Å². The molecule has 0 aliphatic carbocycles. The van der Waals surface area contributed by atoms with E-state index in [1.165, 1.54) is 13.3 Å². The Hall–Kier alpha value is -1.78. The van der Waals surface area contributed by atoms with Crippen LogP contribution in [0.4, 0.5) is 0 Å². The minimum absolute atomic E-state index is 0.224. The van der Waals surface area contributed by atoms with Crippen molar-refractivity contribution in [3.8, 4) is 5.75 Å². The van der Waals surface area contributed by atoms with Gasteiger partial charge in [0.05, 0.1) is 23.4 Å². The SMILES string of the molecule is COC(=O)c1ccc(COc2cc(Cl)ccc2Cl)nc1. The molecular formula is C14H11Cl2NO3. The number of carbonyl (C=O) groups excluding carboxylic acids is 1. The lowest BCUT2D eigenvalue weighted by molar-refractivity contribution is 0.0600. The number of aromatic nitrogens is 1. The molecule has 0 unspecified atom stereocenters. The van der Waals surface area contributed by atoms with Crippen molar-refractivity contribution in [3.05, 3.63) is 57.8 Å². The average Bonchev–Trinajstić information content (AvgIpc) is 2.48. The van der Waals surface area contributed by atoms with Crippen LogP contribution in [0.5, 0.6) is 5.75 Å². The third kappa shape index (κ3) is 3.62. The topological polar surface area (TPSA) is 48.4 Å². The zero-order valence-electron chi connectivity index (χ0n) is 10.6. The maximum Gasteiger partial charge on any atom is 0.339 e. The number of benzene rings is 1. The predicted octanol–water partition coefficient (Wildman–Crippen LogP) is 3.75. The lowest BCUT2D eigenvalue weighted by atomic mass is 10.2. The van der Waals surface area contributed by atoms with Crippen molar-refractivity contribution in [1.82, 2.24) is 4.98 Å². The van der Waals surface area contributed by atoms with Gasteiger partial charge in [0.2, 0.25) is 0 Å². The van der Waals surface area contributed by atoms with Crippen LogP contribution in [-0.4, -0.2) is 18.1 Å². The van der Waals surface area contributed by atoms with E-state index in [-0.39, 0.29) is 6.61 Å². The van der Waals surface area contributed by atoms with Crippen molar-refractivity contribution in [2.24, 2.45) is 0 Å². The molecule has 4 nitrogen and oxygen atoms in total. The molecule has 0 spiro atoms. The first-order valence-electron chi connectivity index (χ1n) is 5.71. The smallest absolute Gasteiger partial charge is 0.339 e. The van der Waals surface area contributed by atoms with Gasteiger partial charge in [0, 0.05) is 17.3 Å². The first-order valence-corrected chi connectivity index (χ1v) is 6.47. The molecule has 0 radical (unpaired) electrons. The largest absolute Gasteiger partial charge is 0.486 e. The molecule has 2 aromatic rings. The Labute approximate surface area is 126 Å². The molecule has 2 rings (SSSR count). The maximum absolute atomic E-state index is 11.3. The Morgan fingerprint density at radius 3 is 2.70 bits per heavy atom. The molecule has 104 valence electrons. The minimum atomic E-state index is -0.428. The van der Waals surface area contributed by atoms with Gasteiger partial charge in [-0.15, -0.1) is 0 Å². The van der Waals surface area contributed by atoms with Crippen LogP contribution in [0.1, 0.15) is 16.1 Å². The second kappa shape index (κ2) is 6.59. The molecule has 1 aromatic heterocycles. The van der Waals surface area contributed by atoms with Crippen molar-refractivity contribution >= 4 is 29.2 Å². The number of halogens is 2. The Bertz CT molecular complexity index is 614. The van der Waals surface area contributed by atoms with Gasteiger partial charge in [0.25, 0.3) is 0 Å². The molecule has 1 aromatic carbocycles. The summed E-state index contributed by atoms with van der Waals surface area (Å²) >= 11 is 11.8. The number of ether oxygens (including phenoxy) is 2. The molecule has 1 heterocycles. The Morgan fingerprint density at radius 1 is 1.25 bits per heavy atom. The summed E-state index contributed by atoms with van der Waals surface area (Å²) in [6.45, 7) is 0.224. The summed E-state index contributed by atoms with van der Waals surface area (Å²) in [7, 11) is 1.32. The number of carbonyl (C=O) groups is 1. The molecule has 0 bridgehead atoms. The van der Waals surface area contributed by atoms with Gasteiger partial charge in [-0.3, -0.25) is 4.98 Å². The average molecular weight is 312 g/mol. The lowest BCUT2D eigenvalue weighted by Crippen LogP contribution is -2.04. The molecule has 0 fully saturated rings. The van der Waals surface area contributed by atoms with E-state index < -0.39 is 5.97 Å². The van der Waals surface area contributed by atoms with Crippen molar-refractivity contribution in [2.45, 2.75) is 6.61 Å². The van der Waals surface area contributed by atoms with Gasteiger partial charge in [-0.2, -0.15) is 0 Å². The van der Waals surface area contributed by atoms with Gasteiger partial charge < -0.3 is 9.47 Å². The van der Waals surface area contributed by atoms with Gasteiger partial charge >= 0.3 is 5.97 Å². The van der Waals surface area contributed by atoms with Crippen LogP contribution < -0.4 is 4.74 Å². The Balaban J connectivity index is 2.04. The van der Waals surface area contributed by atoms with E-state index in [4.69, 9.17) is 27.9 Å². The van der Waals surface area contributed by atoms with Crippen molar-refractivity contribution in [3.63, 3.8) is 0 Å². The second-order valence-electron chi connectivity index (χ2n) is 3.89. The van der Waals surface area contributed by atoms with Crippen LogP contribution in [0.25, 0.3) is 0 Å². The number of hydrogen-bond donors (Lipinski definition) is 0. The van der Waals surface area contributed by atoms with Gasteiger partial charge in [-0.05, 0) is 24.3 Å². The van der Waals surface area contributed by atoms with E-state index >= 15 is 0 Å². The minimum Gasteiger partial charge on any atom is -0.486 e. The van der Waals surface area contributed by atoms with E-state index in [1.54, 1.807) is 30.3 Å². The van der Waals surface area contributed by atoms with E-state index in [2.05, 4.69) is 9.72 Å². The second-order valence-corrected chi connectivity index (χ2v) is 4.74. The highest BCUT2D eigenvalue weighted by atomic mass is 35.5. The first-order chi connectivity index (χ1) is 9.60. The maximum atomic E-state index is 11.3. The summed E-state index contributed by atoms with van der Waals surface area (Å²) in [5.41, 5.74) is 1.05. The summed E-state index contributed by atoms with van der Waals surface area (Å²) in [5.74, 6) is 0.0564. The first kappa shape index (κ1) is 14.6. The van der Waals surface area contributed by atoms with E-state index in [0.717, 1.165) is 0 Å². The van der Waals surface area contributed by atoms with Crippen molar-refractivity contribution < 1.29 is 14.3 Å². The number of hydrogen-bond acceptors (Lipinski definition) is 4. The summed E-state index contributed by atoms with van der Waals surface area (Å²) in [6, 6.07) is 8.28. The number of nitrogens with zero attached hydrogens (tertiary/aromatic N) is 1. The van der Waals surface area contributed by atoms with Crippen LogP contribution in [-0.2, 0) is 11.3 Å². The Morgan fingerprint density at radius 2 is 2.05 bits per heavy atom. The van der Waals surface area contributed by atoms with Crippen molar-refractivity contribution in [2.75, 3.05) is 7.11 Å².